The zero-order valence-electron chi connectivity index (χ0n) is 13.6. The van der Waals surface area contributed by atoms with E-state index in [0.717, 1.165) is 4.90 Å². The van der Waals surface area contributed by atoms with E-state index in [2.05, 4.69) is 15.5 Å². The highest BCUT2D eigenvalue weighted by atomic mass is 32.2. The number of para-hydroxylation sites is 1. The normalized spacial score (nSPS) is 17.4. The van der Waals surface area contributed by atoms with Gasteiger partial charge in [0.2, 0.25) is 5.91 Å². The SMILES string of the molecule is CC(O)(CNc1nnc(N2C(=O)CCSc3ccccc32)o1)C(F)(F)F. The maximum Gasteiger partial charge on any atom is 0.418 e. The van der Waals surface area contributed by atoms with Crippen molar-refractivity contribution < 1.29 is 27.5 Å². The van der Waals surface area contributed by atoms with Gasteiger partial charge in [-0.25, -0.2) is 4.90 Å². The fraction of sp³-hybridized carbons (Fsp3) is 0.400. The fourth-order valence-corrected chi connectivity index (χ4v) is 3.17. The molecule has 1 aliphatic heterocycles. The highest BCUT2D eigenvalue weighted by Gasteiger charge is 2.49. The van der Waals surface area contributed by atoms with E-state index in [9.17, 15) is 23.1 Å². The molecule has 0 saturated heterocycles. The summed E-state index contributed by atoms with van der Waals surface area (Å²) in [6, 6.07) is 6.67. The molecule has 0 saturated carbocycles. The molecule has 2 heterocycles. The number of nitrogens with one attached hydrogen (secondary N) is 1. The van der Waals surface area contributed by atoms with Gasteiger partial charge in [-0.05, 0) is 19.1 Å². The summed E-state index contributed by atoms with van der Waals surface area (Å²) in [6.07, 6.45) is -4.58. The summed E-state index contributed by atoms with van der Waals surface area (Å²) < 4.78 is 43.3. The van der Waals surface area contributed by atoms with Gasteiger partial charge in [0, 0.05) is 17.1 Å². The Labute approximate surface area is 150 Å². The number of nitrogens with zero attached hydrogens (tertiary/aromatic N) is 3. The molecule has 1 aromatic carbocycles. The minimum atomic E-state index is -4.82. The number of aliphatic hydroxyl groups is 1. The lowest BCUT2D eigenvalue weighted by atomic mass is 10.1. The molecule has 1 aliphatic rings. The molecule has 11 heteroatoms. The van der Waals surface area contributed by atoms with Crippen LogP contribution in [0, 0.1) is 0 Å². The lowest BCUT2D eigenvalue weighted by molar-refractivity contribution is -0.246. The Balaban J connectivity index is 1.82. The maximum absolute atomic E-state index is 12.7. The van der Waals surface area contributed by atoms with Crippen molar-refractivity contribution in [1.82, 2.24) is 10.2 Å². The van der Waals surface area contributed by atoms with Gasteiger partial charge in [0.25, 0.3) is 0 Å². The third-order valence-corrected chi connectivity index (χ3v) is 4.79. The number of anilines is 3. The van der Waals surface area contributed by atoms with Gasteiger partial charge in [-0.1, -0.05) is 22.3 Å². The third-order valence-electron chi connectivity index (χ3n) is 3.73. The predicted octanol–water partition coefficient (Wildman–Crippen LogP) is 2.96. The highest BCUT2D eigenvalue weighted by molar-refractivity contribution is 7.99. The van der Waals surface area contributed by atoms with E-state index < -0.39 is 18.3 Å². The summed E-state index contributed by atoms with van der Waals surface area (Å²) in [5, 5.41) is 19.0. The molecule has 1 atom stereocenters. The number of benzene rings is 1. The molecular formula is C15H15F3N4O3S. The first-order chi connectivity index (χ1) is 12.2. The Hall–Kier alpha value is -2.27. The minimum absolute atomic E-state index is 0.154. The van der Waals surface area contributed by atoms with E-state index >= 15 is 0 Å². The van der Waals surface area contributed by atoms with Crippen LogP contribution < -0.4 is 10.2 Å². The van der Waals surface area contributed by atoms with Crippen LogP contribution in [0.2, 0.25) is 0 Å². The van der Waals surface area contributed by atoms with Gasteiger partial charge in [0.05, 0.1) is 12.2 Å². The number of rotatable bonds is 4. The van der Waals surface area contributed by atoms with Gasteiger partial charge in [-0.15, -0.1) is 11.8 Å². The second kappa shape index (κ2) is 6.80. The van der Waals surface area contributed by atoms with Crippen LogP contribution in [-0.2, 0) is 4.79 Å². The van der Waals surface area contributed by atoms with E-state index in [-0.39, 0.29) is 24.4 Å². The molecule has 140 valence electrons. The molecule has 3 rings (SSSR count). The standard InChI is InChI=1S/C15H15F3N4O3S/c1-14(24,15(16,17)18)8-19-12-20-21-13(25-12)22-9-4-2-3-5-10(9)26-7-6-11(22)23/h2-5,24H,6-8H2,1H3,(H,19,20). The number of halogens is 3. The first-order valence-corrected chi connectivity index (χ1v) is 8.59. The summed E-state index contributed by atoms with van der Waals surface area (Å²) >= 11 is 1.51. The molecule has 0 spiro atoms. The van der Waals surface area contributed by atoms with Crippen molar-refractivity contribution in [2.45, 2.75) is 30.0 Å². The van der Waals surface area contributed by atoms with E-state index in [1.54, 1.807) is 12.1 Å². The van der Waals surface area contributed by atoms with Crippen molar-refractivity contribution in [3.63, 3.8) is 0 Å². The highest BCUT2D eigenvalue weighted by Crippen LogP contribution is 2.38. The summed E-state index contributed by atoms with van der Waals surface area (Å²) in [5.74, 6) is 0.319. The average molecular weight is 388 g/mol. The number of aromatic nitrogens is 2. The van der Waals surface area contributed by atoms with E-state index in [0.29, 0.717) is 18.4 Å². The van der Waals surface area contributed by atoms with Crippen LogP contribution in [0.3, 0.4) is 0 Å². The Bertz CT molecular complexity index is 809. The molecule has 1 amide bonds. The molecule has 0 fully saturated rings. The maximum atomic E-state index is 12.7. The zero-order valence-corrected chi connectivity index (χ0v) is 14.4. The average Bonchev–Trinajstić information content (AvgIpc) is 2.95. The second-order valence-electron chi connectivity index (χ2n) is 5.81. The number of hydrogen-bond acceptors (Lipinski definition) is 7. The topological polar surface area (TPSA) is 91.5 Å². The Morgan fingerprint density at radius 1 is 1.35 bits per heavy atom. The van der Waals surface area contributed by atoms with E-state index in [1.165, 1.54) is 16.7 Å². The van der Waals surface area contributed by atoms with E-state index in [1.807, 2.05) is 12.1 Å². The van der Waals surface area contributed by atoms with E-state index in [4.69, 9.17) is 4.42 Å². The number of amides is 1. The third kappa shape index (κ3) is 3.63. The van der Waals surface area contributed by atoms with Gasteiger partial charge in [0.15, 0.2) is 5.60 Å². The van der Waals surface area contributed by atoms with Crippen molar-refractivity contribution in [1.29, 1.82) is 0 Å². The monoisotopic (exact) mass is 388 g/mol. The summed E-state index contributed by atoms with van der Waals surface area (Å²) in [4.78, 5) is 14.5. The lowest BCUT2D eigenvalue weighted by Gasteiger charge is -2.25. The number of fused-ring (bicyclic) bond motifs is 1. The van der Waals surface area contributed by atoms with Crippen LogP contribution >= 0.6 is 11.8 Å². The molecule has 2 N–H and O–H groups in total. The van der Waals surface area contributed by atoms with Gasteiger partial charge in [-0.3, -0.25) is 4.79 Å². The number of thioether (sulfide) groups is 1. The summed E-state index contributed by atoms with van der Waals surface area (Å²) in [6.45, 7) is -0.248. The molecule has 26 heavy (non-hydrogen) atoms. The number of hydrogen-bond donors (Lipinski definition) is 2. The largest absolute Gasteiger partial charge is 0.418 e. The van der Waals surface area contributed by atoms with Crippen molar-refractivity contribution in [3.05, 3.63) is 24.3 Å². The molecular weight excluding hydrogens is 373 g/mol. The predicted molar refractivity (Wildman–Crippen MR) is 88.4 cm³/mol. The quantitative estimate of drug-likeness (QED) is 0.832. The summed E-state index contributed by atoms with van der Waals surface area (Å²) in [7, 11) is 0. The first-order valence-electron chi connectivity index (χ1n) is 7.60. The molecule has 0 aliphatic carbocycles. The van der Waals surface area contributed by atoms with Crippen LogP contribution in [0.15, 0.2) is 33.6 Å². The van der Waals surface area contributed by atoms with Crippen LogP contribution in [0.25, 0.3) is 0 Å². The molecule has 2 aromatic rings. The zero-order chi connectivity index (χ0) is 18.9. The first kappa shape index (κ1) is 18.5. The lowest BCUT2D eigenvalue weighted by Crippen LogP contribution is -2.47. The van der Waals surface area contributed by atoms with Crippen LogP contribution in [0.5, 0.6) is 0 Å². The Morgan fingerprint density at radius 3 is 2.81 bits per heavy atom. The summed E-state index contributed by atoms with van der Waals surface area (Å²) in [5.41, 5.74) is -2.40. The molecule has 0 radical (unpaired) electrons. The van der Waals surface area contributed by atoms with Crippen LogP contribution in [-0.4, -0.2) is 45.3 Å². The number of carbonyl (C=O) groups excluding carboxylic acids is 1. The molecule has 7 nitrogen and oxygen atoms in total. The van der Waals surface area contributed by atoms with Crippen molar-refractivity contribution >= 4 is 35.4 Å². The van der Waals surface area contributed by atoms with Crippen molar-refractivity contribution in [2.24, 2.45) is 0 Å². The second-order valence-corrected chi connectivity index (χ2v) is 6.95. The molecule has 0 bridgehead atoms. The van der Waals surface area contributed by atoms with Crippen LogP contribution in [0.4, 0.5) is 30.9 Å². The fourth-order valence-electron chi connectivity index (χ4n) is 2.19. The number of alkyl halides is 3. The van der Waals surface area contributed by atoms with Crippen molar-refractivity contribution in [3.8, 4) is 0 Å². The van der Waals surface area contributed by atoms with Crippen LogP contribution in [0.1, 0.15) is 13.3 Å². The van der Waals surface area contributed by atoms with Gasteiger partial charge in [-0.2, -0.15) is 13.2 Å². The minimum Gasteiger partial charge on any atom is -0.389 e. The van der Waals surface area contributed by atoms with Gasteiger partial charge >= 0.3 is 18.2 Å². The van der Waals surface area contributed by atoms with Crippen molar-refractivity contribution in [2.75, 3.05) is 22.5 Å². The van der Waals surface area contributed by atoms with Gasteiger partial charge in [0.1, 0.15) is 0 Å². The Morgan fingerprint density at radius 2 is 2.08 bits per heavy atom. The van der Waals surface area contributed by atoms with Gasteiger partial charge < -0.3 is 14.8 Å². The molecule has 1 aromatic heterocycles. The molecule has 1 unspecified atom stereocenters. The number of carbonyl (C=O) groups is 1. The smallest absolute Gasteiger partial charge is 0.389 e. The Kier molecular flexibility index (Phi) is 4.84.